The first kappa shape index (κ1) is 40.0. The van der Waals surface area contributed by atoms with Gasteiger partial charge in [-0.3, -0.25) is 19.4 Å². The number of fused-ring (bicyclic) bond motifs is 1. The monoisotopic (exact) mass is 706 g/mol. The Morgan fingerprint density at radius 1 is 0.824 bits per heavy atom. The van der Waals surface area contributed by atoms with E-state index < -0.39 is 47.6 Å². The average molecular weight is 707 g/mol. The number of rotatable bonds is 20. The molecule has 0 unspecified atom stereocenters. The highest BCUT2D eigenvalue weighted by Gasteiger charge is 2.30. The Labute approximate surface area is 297 Å². The lowest BCUT2D eigenvalue weighted by Crippen LogP contribution is -2.56. The predicted molar refractivity (Wildman–Crippen MR) is 196 cm³/mol. The van der Waals surface area contributed by atoms with Gasteiger partial charge in [-0.05, 0) is 75.3 Å². The summed E-state index contributed by atoms with van der Waals surface area (Å²) in [5, 5.41) is 11.7. The molecule has 15 heteroatoms. The maximum absolute atomic E-state index is 13.8. The zero-order chi connectivity index (χ0) is 37.2. The van der Waals surface area contributed by atoms with Gasteiger partial charge in [0.1, 0.15) is 30.3 Å². The Morgan fingerprint density at radius 3 is 2.14 bits per heavy atom. The van der Waals surface area contributed by atoms with Gasteiger partial charge in [0.25, 0.3) is 0 Å². The molecule has 3 rings (SSSR count). The Kier molecular flexibility index (Phi) is 16.4. The number of anilines is 1. The number of benzene rings is 2. The number of guanidine groups is 1. The molecule has 3 atom stereocenters. The summed E-state index contributed by atoms with van der Waals surface area (Å²) in [6.07, 6.45) is 2.79. The van der Waals surface area contributed by atoms with Crippen LogP contribution in [0.1, 0.15) is 69.4 Å². The molecule has 0 aliphatic carbocycles. The lowest BCUT2D eigenvalue weighted by Gasteiger charge is -2.25. The molecule has 3 aromatic rings. The third-order valence-corrected chi connectivity index (χ3v) is 8.04. The van der Waals surface area contributed by atoms with Crippen molar-refractivity contribution in [2.45, 2.75) is 89.9 Å². The van der Waals surface area contributed by atoms with E-state index in [-0.39, 0.29) is 32.0 Å². The van der Waals surface area contributed by atoms with Crippen molar-refractivity contribution < 1.29 is 28.3 Å². The van der Waals surface area contributed by atoms with E-state index >= 15 is 0 Å². The van der Waals surface area contributed by atoms with Gasteiger partial charge in [-0.25, -0.2) is 9.59 Å². The summed E-state index contributed by atoms with van der Waals surface area (Å²) >= 11 is 0. The van der Waals surface area contributed by atoms with Crippen molar-refractivity contribution in [3.8, 4) is 0 Å². The van der Waals surface area contributed by atoms with Crippen LogP contribution in [-0.2, 0) is 25.7 Å². The quantitative estimate of drug-likeness (QED) is 0.0392. The summed E-state index contributed by atoms with van der Waals surface area (Å²) in [7, 11) is 0. The zero-order valence-corrected chi connectivity index (χ0v) is 29.2. The standard InChI is InChI=1S/C36H50N8O7/c1-3-4-13-29(44-36(49)50-22-24-11-6-5-7-12-24)34(48)43-28(15-10-19-40-35(38)39)33(47)42-27(14-8-9-18-37)32(46)41-25-16-17-26-23(2)20-31(45)51-30(26)21-25/h5-7,11-12,16-17,20-21,27-29H,3-4,8-10,13-15,18-19,22,37H2,1-2H3,(H,41,46)(H,42,47)(H,43,48)(H,44,49)(H4,38,39,40)/t27-,28-,29-/m0/s1. The number of alkyl carbamates (subject to hydrolysis) is 1. The molecule has 4 amide bonds. The van der Waals surface area contributed by atoms with E-state index in [1.807, 2.05) is 37.3 Å². The fourth-order valence-corrected chi connectivity index (χ4v) is 5.29. The fourth-order valence-electron chi connectivity index (χ4n) is 5.29. The number of aryl methyl sites for hydroxylation is 1. The van der Waals surface area contributed by atoms with E-state index in [0.717, 1.165) is 22.9 Å². The van der Waals surface area contributed by atoms with E-state index in [1.54, 1.807) is 25.1 Å². The summed E-state index contributed by atoms with van der Waals surface area (Å²) in [6, 6.07) is 12.4. The average Bonchev–Trinajstić information content (AvgIpc) is 3.10. The number of nitrogens with zero attached hydrogens (tertiary/aromatic N) is 1. The molecular formula is C36H50N8O7. The van der Waals surface area contributed by atoms with Crippen LogP contribution >= 0.6 is 0 Å². The molecule has 0 spiro atoms. The Morgan fingerprint density at radius 2 is 1.47 bits per heavy atom. The van der Waals surface area contributed by atoms with Crippen molar-refractivity contribution in [1.29, 1.82) is 0 Å². The smallest absolute Gasteiger partial charge is 0.408 e. The summed E-state index contributed by atoms with van der Waals surface area (Å²) in [5.74, 6) is -1.82. The molecule has 1 heterocycles. The number of nitrogens with one attached hydrogen (secondary N) is 4. The van der Waals surface area contributed by atoms with Gasteiger partial charge in [-0.1, -0.05) is 50.1 Å². The number of nitrogens with two attached hydrogens (primary N) is 3. The minimum atomic E-state index is -1.10. The lowest BCUT2D eigenvalue weighted by molar-refractivity contribution is -0.132. The molecule has 0 radical (unpaired) electrons. The molecule has 0 aliphatic rings. The number of amides is 4. The molecule has 51 heavy (non-hydrogen) atoms. The maximum Gasteiger partial charge on any atom is 0.408 e. The van der Waals surface area contributed by atoms with Gasteiger partial charge in [-0.15, -0.1) is 0 Å². The van der Waals surface area contributed by atoms with Crippen LogP contribution in [0, 0.1) is 6.92 Å². The highest BCUT2D eigenvalue weighted by molar-refractivity contribution is 6.00. The van der Waals surface area contributed by atoms with E-state index in [9.17, 15) is 24.0 Å². The topological polar surface area (TPSA) is 246 Å². The second-order valence-corrected chi connectivity index (χ2v) is 12.2. The van der Waals surface area contributed by atoms with Crippen LogP contribution in [0.5, 0.6) is 0 Å². The first-order valence-corrected chi connectivity index (χ1v) is 17.2. The first-order chi connectivity index (χ1) is 24.5. The molecule has 0 saturated heterocycles. The molecular weight excluding hydrogens is 656 g/mol. The highest BCUT2D eigenvalue weighted by atomic mass is 16.5. The number of carbonyl (C=O) groups excluding carboxylic acids is 4. The number of unbranched alkanes of at least 4 members (excludes halogenated alkanes) is 2. The molecule has 0 bridgehead atoms. The van der Waals surface area contributed by atoms with E-state index in [2.05, 4.69) is 26.3 Å². The molecule has 0 saturated carbocycles. The van der Waals surface area contributed by atoms with Crippen molar-refractivity contribution in [1.82, 2.24) is 16.0 Å². The van der Waals surface area contributed by atoms with Gasteiger partial charge in [0, 0.05) is 29.8 Å². The van der Waals surface area contributed by atoms with Gasteiger partial charge in [0.15, 0.2) is 5.96 Å². The molecule has 15 nitrogen and oxygen atoms in total. The number of hydrogen-bond acceptors (Lipinski definition) is 9. The molecule has 276 valence electrons. The molecule has 0 aliphatic heterocycles. The second kappa shape index (κ2) is 20.9. The molecule has 0 fully saturated rings. The van der Waals surface area contributed by atoms with E-state index in [4.69, 9.17) is 26.4 Å². The number of ether oxygens (including phenoxy) is 1. The fraction of sp³-hybridized carbons (Fsp3) is 0.444. The SMILES string of the molecule is CCCC[C@H](NC(=O)OCc1ccccc1)C(=O)N[C@@H](CCCN=C(N)N)C(=O)N[C@@H](CCCCN)C(=O)Nc1ccc2c(C)cc(=O)oc2c1. The Bertz CT molecular complexity index is 1690. The summed E-state index contributed by atoms with van der Waals surface area (Å²) < 4.78 is 10.6. The predicted octanol–water partition coefficient (Wildman–Crippen LogP) is 2.68. The second-order valence-electron chi connectivity index (χ2n) is 12.2. The van der Waals surface area contributed by atoms with Gasteiger partial charge < -0.3 is 47.6 Å². The van der Waals surface area contributed by atoms with Gasteiger partial charge >= 0.3 is 11.7 Å². The first-order valence-electron chi connectivity index (χ1n) is 17.2. The number of carbonyl (C=O) groups is 4. The van der Waals surface area contributed by atoms with Crippen LogP contribution in [0.25, 0.3) is 11.0 Å². The summed E-state index contributed by atoms with van der Waals surface area (Å²) in [5.41, 5.74) is 18.3. The van der Waals surface area contributed by atoms with Gasteiger partial charge in [0.2, 0.25) is 17.7 Å². The molecule has 1 aromatic heterocycles. The van der Waals surface area contributed by atoms with Gasteiger partial charge in [-0.2, -0.15) is 0 Å². The van der Waals surface area contributed by atoms with Crippen LogP contribution in [0.15, 0.2) is 68.8 Å². The van der Waals surface area contributed by atoms with Crippen molar-refractivity contribution in [3.63, 3.8) is 0 Å². The lowest BCUT2D eigenvalue weighted by atomic mass is 10.0. The Balaban J connectivity index is 1.77. The number of hydrogen-bond donors (Lipinski definition) is 7. The minimum absolute atomic E-state index is 0.0194. The third-order valence-electron chi connectivity index (χ3n) is 8.04. The summed E-state index contributed by atoms with van der Waals surface area (Å²) in [6.45, 7) is 4.35. The van der Waals surface area contributed by atoms with Crippen LogP contribution < -0.4 is 44.1 Å². The van der Waals surface area contributed by atoms with E-state index in [0.29, 0.717) is 49.9 Å². The van der Waals surface area contributed by atoms with Crippen LogP contribution in [0.2, 0.25) is 0 Å². The largest absolute Gasteiger partial charge is 0.445 e. The van der Waals surface area contributed by atoms with Crippen molar-refractivity contribution in [3.05, 3.63) is 76.1 Å². The number of aliphatic imine (C=N–C) groups is 1. The summed E-state index contributed by atoms with van der Waals surface area (Å²) in [4.78, 5) is 69.5. The minimum Gasteiger partial charge on any atom is -0.445 e. The van der Waals surface area contributed by atoms with E-state index in [1.165, 1.54) is 6.07 Å². The van der Waals surface area contributed by atoms with Crippen LogP contribution in [0.3, 0.4) is 0 Å². The van der Waals surface area contributed by atoms with Crippen LogP contribution in [0.4, 0.5) is 10.5 Å². The molecule has 2 aromatic carbocycles. The normalized spacial score (nSPS) is 12.6. The van der Waals surface area contributed by atoms with Crippen molar-refractivity contribution in [2.75, 3.05) is 18.4 Å². The van der Waals surface area contributed by atoms with Crippen molar-refractivity contribution in [2.24, 2.45) is 22.2 Å². The van der Waals surface area contributed by atoms with Gasteiger partial charge in [0.05, 0.1) is 0 Å². The van der Waals surface area contributed by atoms with Crippen LogP contribution in [-0.4, -0.2) is 61.0 Å². The zero-order valence-electron chi connectivity index (χ0n) is 29.2. The third kappa shape index (κ3) is 13.8. The highest BCUT2D eigenvalue weighted by Crippen LogP contribution is 2.21. The molecule has 10 N–H and O–H groups in total. The maximum atomic E-state index is 13.8. The Hall–Kier alpha value is -5.44. The van der Waals surface area contributed by atoms with Crippen molar-refractivity contribution >= 4 is 46.4 Å².